The summed E-state index contributed by atoms with van der Waals surface area (Å²) in [7, 11) is -0.567. The molecule has 0 atom stereocenters. The smallest absolute Gasteiger partial charge is 0.456 e. The molecule has 0 N–H and O–H groups in total. The van der Waals surface area contributed by atoms with Crippen LogP contribution in [0.25, 0.3) is 44.5 Å². The maximum absolute atomic E-state index is 6.35. The highest BCUT2D eigenvalue weighted by molar-refractivity contribution is 6.65. The Morgan fingerprint density at radius 1 is 0.774 bits per heavy atom. The van der Waals surface area contributed by atoms with Crippen LogP contribution in [-0.2, 0) is 9.31 Å². The molecule has 0 aliphatic carbocycles. The van der Waals surface area contributed by atoms with Crippen LogP contribution in [0.1, 0.15) is 27.7 Å². The molecule has 5 nitrogen and oxygen atoms in total. The van der Waals surface area contributed by atoms with Gasteiger partial charge >= 0.3 is 7.12 Å². The van der Waals surface area contributed by atoms with E-state index in [4.69, 9.17) is 23.1 Å². The van der Waals surface area contributed by atoms with E-state index in [0.717, 1.165) is 38.5 Å². The molecule has 3 aromatic carbocycles. The third kappa shape index (κ3) is 2.68. The Bertz CT molecular complexity index is 1430. The van der Waals surface area contributed by atoms with E-state index in [9.17, 15) is 0 Å². The minimum atomic E-state index is -0.567. The fourth-order valence-electron chi connectivity index (χ4n) is 4.15. The SMILES string of the molecule is CC1(C)OB(c2cc3oc(-c4ccccc4)nc3c3c2oc2ccccc23)OC1(C)C. The molecule has 0 unspecified atom stereocenters. The van der Waals surface area contributed by atoms with Crippen molar-refractivity contribution in [2.45, 2.75) is 38.9 Å². The lowest BCUT2D eigenvalue weighted by Crippen LogP contribution is -2.41. The van der Waals surface area contributed by atoms with Crippen molar-refractivity contribution in [2.24, 2.45) is 0 Å². The van der Waals surface area contributed by atoms with Gasteiger partial charge in [-0.3, -0.25) is 0 Å². The van der Waals surface area contributed by atoms with E-state index in [1.54, 1.807) is 0 Å². The standard InChI is InChI=1S/C25H22BNO4/c1-24(2)25(3,4)31-26(30-24)17-14-19-21(27-23(29-19)15-10-6-5-7-11-15)20-16-12-8-9-13-18(16)28-22(17)20/h5-14H,1-4H3. The Morgan fingerprint density at radius 2 is 1.45 bits per heavy atom. The number of fused-ring (bicyclic) bond motifs is 5. The Hall–Kier alpha value is -3.09. The summed E-state index contributed by atoms with van der Waals surface area (Å²) in [5.74, 6) is 0.577. The Kier molecular flexibility index (Phi) is 3.74. The van der Waals surface area contributed by atoms with Crippen molar-refractivity contribution < 1.29 is 18.1 Å². The second-order valence-electron chi connectivity index (χ2n) is 9.09. The zero-order valence-electron chi connectivity index (χ0n) is 17.9. The van der Waals surface area contributed by atoms with Crippen LogP contribution in [0, 0.1) is 0 Å². The summed E-state index contributed by atoms with van der Waals surface area (Å²) < 4.78 is 25.2. The summed E-state index contributed by atoms with van der Waals surface area (Å²) in [4.78, 5) is 4.85. The first kappa shape index (κ1) is 18.7. The summed E-state index contributed by atoms with van der Waals surface area (Å²) in [5.41, 5.74) is 3.81. The molecule has 0 bridgehead atoms. The molecule has 0 amide bonds. The number of furan rings is 1. The molecule has 2 aromatic heterocycles. The molecular weight excluding hydrogens is 389 g/mol. The molecule has 6 heteroatoms. The van der Waals surface area contributed by atoms with Gasteiger partial charge in [-0.15, -0.1) is 0 Å². The highest BCUT2D eigenvalue weighted by atomic mass is 16.7. The molecule has 5 aromatic rings. The number of aromatic nitrogens is 1. The van der Waals surface area contributed by atoms with E-state index >= 15 is 0 Å². The van der Waals surface area contributed by atoms with E-state index in [-0.39, 0.29) is 0 Å². The third-order valence-electron chi connectivity index (χ3n) is 6.56. The second kappa shape index (κ2) is 6.22. The van der Waals surface area contributed by atoms with Crippen molar-refractivity contribution in [3.63, 3.8) is 0 Å². The Balaban J connectivity index is 1.66. The Labute approximate surface area is 180 Å². The lowest BCUT2D eigenvalue weighted by atomic mass is 9.78. The van der Waals surface area contributed by atoms with Gasteiger partial charge in [0.2, 0.25) is 5.89 Å². The highest BCUT2D eigenvalue weighted by Crippen LogP contribution is 2.40. The van der Waals surface area contributed by atoms with Crippen molar-refractivity contribution in [1.29, 1.82) is 0 Å². The topological polar surface area (TPSA) is 57.6 Å². The van der Waals surface area contributed by atoms with Crippen LogP contribution in [-0.4, -0.2) is 23.3 Å². The van der Waals surface area contributed by atoms with Gasteiger partial charge < -0.3 is 18.1 Å². The lowest BCUT2D eigenvalue weighted by Gasteiger charge is -2.32. The molecule has 154 valence electrons. The van der Waals surface area contributed by atoms with Crippen molar-refractivity contribution in [3.05, 3.63) is 60.7 Å². The number of para-hydroxylation sites is 1. The Morgan fingerprint density at radius 3 is 2.19 bits per heavy atom. The number of oxazole rings is 1. The van der Waals surface area contributed by atoms with Gasteiger partial charge in [-0.1, -0.05) is 36.4 Å². The van der Waals surface area contributed by atoms with Crippen LogP contribution in [0.15, 0.2) is 69.5 Å². The molecule has 31 heavy (non-hydrogen) atoms. The summed E-state index contributed by atoms with van der Waals surface area (Å²) in [5, 5.41) is 1.91. The van der Waals surface area contributed by atoms with Gasteiger partial charge in [-0.2, -0.15) is 0 Å². The van der Waals surface area contributed by atoms with Gasteiger partial charge in [-0.05, 0) is 52.0 Å². The van der Waals surface area contributed by atoms with E-state index in [2.05, 4.69) is 0 Å². The van der Waals surface area contributed by atoms with E-state index < -0.39 is 18.3 Å². The van der Waals surface area contributed by atoms with Crippen molar-refractivity contribution in [1.82, 2.24) is 4.98 Å². The molecule has 1 aliphatic heterocycles. The number of benzene rings is 3. The van der Waals surface area contributed by atoms with Crippen LogP contribution in [0.4, 0.5) is 0 Å². The van der Waals surface area contributed by atoms with Gasteiger partial charge in [0.25, 0.3) is 0 Å². The quantitative estimate of drug-likeness (QED) is 0.349. The first-order valence-corrected chi connectivity index (χ1v) is 10.5. The van der Waals surface area contributed by atoms with E-state index in [0.29, 0.717) is 11.5 Å². The van der Waals surface area contributed by atoms with Crippen LogP contribution >= 0.6 is 0 Å². The lowest BCUT2D eigenvalue weighted by molar-refractivity contribution is 0.00578. The van der Waals surface area contributed by atoms with Gasteiger partial charge in [0.1, 0.15) is 16.7 Å². The van der Waals surface area contributed by atoms with Crippen molar-refractivity contribution in [2.75, 3.05) is 0 Å². The first-order chi connectivity index (χ1) is 14.8. The molecular formula is C25H22BNO4. The predicted molar refractivity (Wildman–Crippen MR) is 122 cm³/mol. The third-order valence-corrected chi connectivity index (χ3v) is 6.56. The van der Waals surface area contributed by atoms with Gasteiger partial charge in [0.15, 0.2) is 5.58 Å². The van der Waals surface area contributed by atoms with Crippen LogP contribution in [0.5, 0.6) is 0 Å². The van der Waals surface area contributed by atoms with Crippen LogP contribution in [0.3, 0.4) is 0 Å². The molecule has 0 radical (unpaired) electrons. The van der Waals surface area contributed by atoms with E-state index in [1.807, 2.05) is 88.4 Å². The summed E-state index contributed by atoms with van der Waals surface area (Å²) in [6.45, 7) is 8.18. The van der Waals surface area contributed by atoms with Crippen molar-refractivity contribution in [3.8, 4) is 11.5 Å². The predicted octanol–water partition coefficient (Wildman–Crippen LogP) is 5.69. The number of hydrogen-bond acceptors (Lipinski definition) is 5. The summed E-state index contributed by atoms with van der Waals surface area (Å²) >= 11 is 0. The van der Waals surface area contributed by atoms with Gasteiger partial charge in [0.05, 0.1) is 16.6 Å². The highest BCUT2D eigenvalue weighted by Gasteiger charge is 2.52. The fourth-order valence-corrected chi connectivity index (χ4v) is 4.15. The molecule has 6 rings (SSSR count). The molecule has 0 saturated carbocycles. The number of nitrogens with zero attached hydrogens (tertiary/aromatic N) is 1. The van der Waals surface area contributed by atoms with Gasteiger partial charge in [0, 0.05) is 16.4 Å². The first-order valence-electron chi connectivity index (χ1n) is 10.5. The molecule has 1 aliphatic rings. The average Bonchev–Trinajstić information content (AvgIpc) is 3.39. The average molecular weight is 411 g/mol. The normalized spacial score (nSPS) is 17.9. The molecule has 1 saturated heterocycles. The minimum Gasteiger partial charge on any atom is -0.456 e. The fraction of sp³-hybridized carbons (Fsp3) is 0.240. The number of rotatable bonds is 2. The molecule has 1 fully saturated rings. The minimum absolute atomic E-state index is 0.457. The maximum Gasteiger partial charge on any atom is 0.498 e. The van der Waals surface area contributed by atoms with Crippen LogP contribution in [0.2, 0.25) is 0 Å². The molecule has 3 heterocycles. The van der Waals surface area contributed by atoms with Crippen molar-refractivity contribution >= 4 is 45.6 Å². The second-order valence-corrected chi connectivity index (χ2v) is 9.09. The maximum atomic E-state index is 6.35. The summed E-state index contributed by atoms with van der Waals surface area (Å²) in [6.07, 6.45) is 0. The summed E-state index contributed by atoms with van der Waals surface area (Å²) in [6, 6.07) is 19.8. The number of hydrogen-bond donors (Lipinski definition) is 0. The monoisotopic (exact) mass is 411 g/mol. The van der Waals surface area contributed by atoms with E-state index in [1.165, 1.54) is 0 Å². The zero-order chi connectivity index (χ0) is 21.4. The zero-order valence-corrected chi connectivity index (χ0v) is 17.9. The van der Waals surface area contributed by atoms with Gasteiger partial charge in [-0.25, -0.2) is 4.98 Å². The largest absolute Gasteiger partial charge is 0.498 e. The van der Waals surface area contributed by atoms with Crippen LogP contribution < -0.4 is 5.46 Å². The molecule has 0 spiro atoms.